The fraction of sp³-hybridized carbons (Fsp3) is 0.214. The highest BCUT2D eigenvalue weighted by Gasteiger charge is 2.39. The number of halogens is 1. The van der Waals surface area contributed by atoms with Gasteiger partial charge in [0.2, 0.25) is 11.8 Å². The molecule has 3 N–H and O–H groups in total. The van der Waals surface area contributed by atoms with Crippen molar-refractivity contribution >= 4 is 57.9 Å². The normalized spacial score (nSPS) is 16.9. The van der Waals surface area contributed by atoms with Crippen molar-refractivity contribution in [1.29, 1.82) is 0 Å². The Kier molecular flexibility index (Phi) is 7.02. The summed E-state index contributed by atoms with van der Waals surface area (Å²) in [6.45, 7) is 2.00. The Labute approximate surface area is 223 Å². The van der Waals surface area contributed by atoms with E-state index in [2.05, 4.69) is 15.6 Å². The first-order valence-electron chi connectivity index (χ1n) is 12.1. The molecule has 194 valence electrons. The number of carbonyl (C=O) groups is 3. The summed E-state index contributed by atoms with van der Waals surface area (Å²) in [6.07, 6.45) is 0.128. The summed E-state index contributed by atoms with van der Waals surface area (Å²) in [6, 6.07) is 20.0. The number of anilines is 3. The molecular weight excluding hydrogens is 508 g/mol. The number of para-hydroxylation sites is 1. The van der Waals surface area contributed by atoms with Gasteiger partial charge in [0.25, 0.3) is 6.01 Å². The Morgan fingerprint density at radius 3 is 2.55 bits per heavy atom. The quantitative estimate of drug-likeness (QED) is 0.304. The van der Waals surface area contributed by atoms with Crippen LogP contribution in [0.25, 0.3) is 11.1 Å². The highest BCUT2D eigenvalue weighted by molar-refractivity contribution is 6.33. The maximum Gasteiger partial charge on any atom is 0.308 e. The van der Waals surface area contributed by atoms with Gasteiger partial charge >= 0.3 is 5.97 Å². The Balaban J connectivity index is 1.22. The summed E-state index contributed by atoms with van der Waals surface area (Å²) in [5.74, 6) is -2.23. The van der Waals surface area contributed by atoms with Crippen LogP contribution < -0.4 is 10.6 Å². The number of hydrogen-bond acceptors (Lipinski definition) is 6. The number of nitrogens with one attached hydrogen (secondary N) is 2. The largest absolute Gasteiger partial charge is 0.481 e. The number of amides is 2. The minimum atomic E-state index is -0.924. The average Bonchev–Trinajstić information content (AvgIpc) is 3.50. The maximum atomic E-state index is 12.7. The number of hydrogen-bond donors (Lipinski definition) is 3. The number of carboxylic acid groups (broad SMARTS) is 1. The van der Waals surface area contributed by atoms with E-state index in [0.29, 0.717) is 40.1 Å². The van der Waals surface area contributed by atoms with Crippen LogP contribution in [-0.2, 0) is 20.8 Å². The fourth-order valence-corrected chi connectivity index (χ4v) is 4.85. The molecule has 10 heteroatoms. The number of aliphatic carboxylic acids is 1. The van der Waals surface area contributed by atoms with Crippen LogP contribution >= 0.6 is 11.6 Å². The van der Waals surface area contributed by atoms with E-state index >= 15 is 0 Å². The Morgan fingerprint density at radius 1 is 1.08 bits per heavy atom. The summed E-state index contributed by atoms with van der Waals surface area (Å²) in [5.41, 5.74) is 4.03. The number of oxazole rings is 1. The molecule has 2 amide bonds. The lowest BCUT2D eigenvalue weighted by molar-refractivity contribution is -0.141. The Bertz CT molecular complexity index is 1520. The average molecular weight is 533 g/mol. The van der Waals surface area contributed by atoms with Crippen molar-refractivity contribution in [3.63, 3.8) is 0 Å². The molecule has 9 nitrogen and oxygen atoms in total. The molecule has 2 unspecified atom stereocenters. The third-order valence-electron chi connectivity index (χ3n) is 6.64. The van der Waals surface area contributed by atoms with Gasteiger partial charge in [0, 0.05) is 31.6 Å². The van der Waals surface area contributed by atoms with E-state index in [1.165, 1.54) is 6.92 Å². The standard InChI is InChI=1S/C28H25ClN4O5/c1-16(34)33-14-20(21(15-33)27(36)37)18-7-9-19(10-8-18)30-26(35)13-17-6-11-24-25(12-17)38-28(32-24)31-23-5-3-2-4-22(23)29/h2-12,20-21H,13-15H2,1H3,(H,30,35)(H,31,32)(H,36,37). The van der Waals surface area contributed by atoms with E-state index in [0.717, 1.165) is 11.1 Å². The lowest BCUT2D eigenvalue weighted by atomic mass is 9.89. The molecule has 1 aromatic heterocycles. The molecular formula is C28H25ClN4O5. The SMILES string of the molecule is CC(=O)N1CC(C(=O)O)C(c2ccc(NC(=O)Cc3ccc4nc(Nc5ccccc5Cl)oc4c3)cc2)C1. The van der Waals surface area contributed by atoms with Crippen molar-refractivity contribution in [2.75, 3.05) is 23.7 Å². The summed E-state index contributed by atoms with van der Waals surface area (Å²) < 4.78 is 5.80. The zero-order chi connectivity index (χ0) is 26.8. The number of benzene rings is 3. The second kappa shape index (κ2) is 10.5. The molecule has 4 aromatic rings. The molecule has 1 aliphatic rings. The van der Waals surface area contributed by atoms with Gasteiger partial charge in [-0.15, -0.1) is 0 Å². The predicted octanol–water partition coefficient (Wildman–Crippen LogP) is 5.05. The first-order valence-corrected chi connectivity index (χ1v) is 12.4. The molecule has 2 heterocycles. The van der Waals surface area contributed by atoms with Gasteiger partial charge in [0.05, 0.1) is 23.0 Å². The second-order valence-electron chi connectivity index (χ2n) is 9.25. The molecule has 38 heavy (non-hydrogen) atoms. The molecule has 1 fully saturated rings. The van der Waals surface area contributed by atoms with E-state index in [1.807, 2.05) is 24.3 Å². The molecule has 0 bridgehead atoms. The van der Waals surface area contributed by atoms with Gasteiger partial charge in [-0.2, -0.15) is 4.98 Å². The van der Waals surface area contributed by atoms with Crippen LogP contribution in [0.4, 0.5) is 17.4 Å². The maximum absolute atomic E-state index is 12.7. The first-order chi connectivity index (χ1) is 18.3. The minimum absolute atomic E-state index is 0.128. The Hall–Kier alpha value is -4.37. The van der Waals surface area contributed by atoms with Crippen LogP contribution in [0.5, 0.6) is 0 Å². The topological polar surface area (TPSA) is 125 Å². The van der Waals surface area contributed by atoms with E-state index in [-0.39, 0.29) is 30.7 Å². The van der Waals surface area contributed by atoms with Crippen LogP contribution in [0, 0.1) is 5.92 Å². The van der Waals surface area contributed by atoms with Gasteiger partial charge in [-0.1, -0.05) is 41.9 Å². The van der Waals surface area contributed by atoms with E-state index in [4.69, 9.17) is 16.0 Å². The van der Waals surface area contributed by atoms with Crippen LogP contribution in [0.3, 0.4) is 0 Å². The Morgan fingerprint density at radius 2 is 1.84 bits per heavy atom. The number of rotatable bonds is 7. The van der Waals surface area contributed by atoms with Gasteiger partial charge in [0.1, 0.15) is 5.52 Å². The number of likely N-dealkylation sites (tertiary alicyclic amines) is 1. The summed E-state index contributed by atoms with van der Waals surface area (Å²) in [4.78, 5) is 42.1. The molecule has 0 aliphatic carbocycles. The summed E-state index contributed by atoms with van der Waals surface area (Å²) in [5, 5.41) is 16.1. The summed E-state index contributed by atoms with van der Waals surface area (Å²) in [7, 11) is 0. The lowest BCUT2D eigenvalue weighted by Gasteiger charge is -2.16. The highest BCUT2D eigenvalue weighted by Crippen LogP contribution is 2.34. The van der Waals surface area contributed by atoms with E-state index < -0.39 is 11.9 Å². The molecule has 1 aliphatic heterocycles. The van der Waals surface area contributed by atoms with Gasteiger partial charge < -0.3 is 25.1 Å². The summed E-state index contributed by atoms with van der Waals surface area (Å²) >= 11 is 6.19. The van der Waals surface area contributed by atoms with Gasteiger partial charge in [-0.05, 0) is 47.5 Å². The van der Waals surface area contributed by atoms with Crippen LogP contribution in [-0.4, -0.2) is 45.9 Å². The van der Waals surface area contributed by atoms with Crippen molar-refractivity contribution in [2.24, 2.45) is 5.92 Å². The van der Waals surface area contributed by atoms with Gasteiger partial charge in [0.15, 0.2) is 5.58 Å². The number of fused-ring (bicyclic) bond motifs is 1. The van der Waals surface area contributed by atoms with Crippen molar-refractivity contribution in [1.82, 2.24) is 9.88 Å². The van der Waals surface area contributed by atoms with Crippen molar-refractivity contribution in [2.45, 2.75) is 19.3 Å². The molecule has 3 aromatic carbocycles. The number of nitrogens with zero attached hydrogens (tertiary/aromatic N) is 2. The number of aromatic nitrogens is 1. The van der Waals surface area contributed by atoms with Gasteiger partial charge in [-0.25, -0.2) is 0 Å². The van der Waals surface area contributed by atoms with Crippen molar-refractivity contribution in [3.05, 3.63) is 82.9 Å². The minimum Gasteiger partial charge on any atom is -0.481 e. The van der Waals surface area contributed by atoms with Crippen molar-refractivity contribution in [3.8, 4) is 0 Å². The van der Waals surface area contributed by atoms with Crippen LogP contribution in [0.1, 0.15) is 24.0 Å². The zero-order valence-corrected chi connectivity index (χ0v) is 21.2. The van der Waals surface area contributed by atoms with Crippen LogP contribution in [0.15, 0.2) is 71.1 Å². The smallest absolute Gasteiger partial charge is 0.308 e. The highest BCUT2D eigenvalue weighted by atomic mass is 35.5. The molecule has 2 atom stereocenters. The monoisotopic (exact) mass is 532 g/mol. The molecule has 1 saturated heterocycles. The first kappa shape index (κ1) is 25.3. The van der Waals surface area contributed by atoms with Crippen LogP contribution in [0.2, 0.25) is 5.02 Å². The molecule has 5 rings (SSSR count). The molecule has 0 spiro atoms. The van der Waals surface area contributed by atoms with E-state index in [1.54, 1.807) is 47.4 Å². The molecule has 0 saturated carbocycles. The third kappa shape index (κ3) is 5.47. The number of carbonyl (C=O) groups excluding carboxylic acids is 2. The second-order valence-corrected chi connectivity index (χ2v) is 9.66. The third-order valence-corrected chi connectivity index (χ3v) is 6.97. The lowest BCUT2D eigenvalue weighted by Crippen LogP contribution is -2.27. The van der Waals surface area contributed by atoms with Gasteiger partial charge in [-0.3, -0.25) is 14.4 Å². The number of carboxylic acids is 1. The molecule has 0 radical (unpaired) electrons. The zero-order valence-electron chi connectivity index (χ0n) is 20.5. The fourth-order valence-electron chi connectivity index (χ4n) is 4.66. The van der Waals surface area contributed by atoms with Crippen molar-refractivity contribution < 1.29 is 23.9 Å². The predicted molar refractivity (Wildman–Crippen MR) is 144 cm³/mol. The van der Waals surface area contributed by atoms with E-state index in [9.17, 15) is 19.5 Å².